The minimum absolute atomic E-state index is 0.0336. The number of rotatable bonds is 10. The van der Waals surface area contributed by atoms with E-state index in [1.54, 1.807) is 12.1 Å². The molecule has 1 aliphatic rings. The summed E-state index contributed by atoms with van der Waals surface area (Å²) in [5.74, 6) is -0.632. The second kappa shape index (κ2) is 13.4. The number of carbonyl (C=O) groups excluding carboxylic acids is 2. The van der Waals surface area contributed by atoms with Gasteiger partial charge >= 0.3 is 0 Å². The molecule has 1 aromatic heterocycles. The van der Waals surface area contributed by atoms with Gasteiger partial charge in [0.15, 0.2) is 0 Å². The van der Waals surface area contributed by atoms with Gasteiger partial charge in [-0.1, -0.05) is 36.9 Å². The molecule has 1 fully saturated rings. The number of halogens is 1. The molecule has 43 heavy (non-hydrogen) atoms. The second-order valence-electron chi connectivity index (χ2n) is 10.5. The number of methoxy groups -OCH3 is 1. The van der Waals surface area contributed by atoms with E-state index in [0.29, 0.717) is 35.6 Å². The van der Waals surface area contributed by atoms with Crippen LogP contribution in [0, 0.1) is 13.8 Å². The first kappa shape index (κ1) is 31.1. The van der Waals surface area contributed by atoms with Gasteiger partial charge in [0.2, 0.25) is 5.91 Å². The lowest BCUT2D eigenvalue weighted by Gasteiger charge is -2.18. The number of carbonyl (C=O) groups is 2. The maximum Gasteiger partial charge on any atom is 0.265 e. The first-order valence-corrected chi connectivity index (χ1v) is 13.8. The van der Waals surface area contributed by atoms with E-state index in [9.17, 15) is 18.8 Å². The van der Waals surface area contributed by atoms with Crippen LogP contribution in [0.25, 0.3) is 16.7 Å². The smallest absolute Gasteiger partial charge is 0.265 e. The summed E-state index contributed by atoms with van der Waals surface area (Å²) < 4.78 is 21.5. The topological polar surface area (TPSA) is 114 Å². The fraction of sp³-hybridized carbons (Fsp3) is 0.273. The van der Waals surface area contributed by atoms with Crippen LogP contribution in [0.5, 0.6) is 0 Å². The highest BCUT2D eigenvalue weighted by molar-refractivity contribution is 6.04. The number of aryl methyl sites for hydroxylation is 1. The Morgan fingerprint density at radius 2 is 1.86 bits per heavy atom. The zero-order valence-corrected chi connectivity index (χ0v) is 25.0. The normalized spacial score (nSPS) is 15.5. The van der Waals surface area contributed by atoms with Crippen molar-refractivity contribution < 1.29 is 18.7 Å². The van der Waals surface area contributed by atoms with E-state index in [4.69, 9.17) is 4.74 Å². The van der Waals surface area contributed by atoms with Crippen molar-refractivity contribution in [2.45, 2.75) is 33.2 Å². The minimum atomic E-state index is -0.540. The average Bonchev–Trinajstić information content (AvgIpc) is 3.39. The van der Waals surface area contributed by atoms with E-state index in [1.165, 1.54) is 38.2 Å². The third-order valence-corrected chi connectivity index (χ3v) is 7.57. The third kappa shape index (κ3) is 6.98. The first-order valence-electron chi connectivity index (χ1n) is 13.8. The van der Waals surface area contributed by atoms with Crippen LogP contribution in [0.4, 0.5) is 10.1 Å². The Bertz CT molecular complexity index is 1700. The molecule has 0 radical (unpaired) electrons. The molecule has 2 heterocycles. The van der Waals surface area contributed by atoms with Crippen LogP contribution in [0.3, 0.4) is 0 Å². The molecule has 0 bridgehead atoms. The number of nitrogens with one attached hydrogen (secondary N) is 3. The van der Waals surface area contributed by atoms with Gasteiger partial charge in [-0.15, -0.1) is 0 Å². The summed E-state index contributed by atoms with van der Waals surface area (Å²) >= 11 is 0. The fourth-order valence-corrected chi connectivity index (χ4v) is 5.07. The van der Waals surface area contributed by atoms with Crippen LogP contribution in [0.15, 0.2) is 83.5 Å². The Morgan fingerprint density at radius 1 is 1.16 bits per heavy atom. The standard InChI is InChI=1S/C33H36FN5O4/c1-19(13-30(43-6)27(22(4)34)17-36-23-14-31(40)37-15-23)24-9-7-10-25(20(24)2)26-11-8-12-29(21(26)3)38-32(41)28-16-35-18-39(5)33(28)42/h7-13,16,18,23,36H,1,14-15,17H2,2-6H3,(H,37,40)(H,38,41)/b27-22+,30-13+/t23-/m0/s1. The van der Waals surface area contributed by atoms with Crippen molar-refractivity contribution >= 4 is 23.1 Å². The molecule has 2 aromatic carbocycles. The van der Waals surface area contributed by atoms with Gasteiger partial charge in [-0.2, -0.15) is 0 Å². The predicted molar refractivity (Wildman–Crippen MR) is 166 cm³/mol. The summed E-state index contributed by atoms with van der Waals surface area (Å²) in [5, 5.41) is 8.83. The van der Waals surface area contributed by atoms with Gasteiger partial charge in [0.1, 0.15) is 17.1 Å². The molecule has 1 saturated heterocycles. The fourth-order valence-electron chi connectivity index (χ4n) is 5.07. The second-order valence-corrected chi connectivity index (χ2v) is 10.5. The quantitative estimate of drug-likeness (QED) is 0.237. The van der Waals surface area contributed by atoms with E-state index < -0.39 is 17.3 Å². The van der Waals surface area contributed by atoms with Gasteiger partial charge in [-0.25, -0.2) is 9.37 Å². The van der Waals surface area contributed by atoms with E-state index in [1.807, 2.05) is 44.2 Å². The van der Waals surface area contributed by atoms with E-state index in [-0.39, 0.29) is 24.1 Å². The molecule has 3 aromatic rings. The molecule has 0 spiro atoms. The molecule has 0 aliphatic carbocycles. The molecule has 0 saturated carbocycles. The summed E-state index contributed by atoms with van der Waals surface area (Å²) in [6.45, 7) is 10.2. The average molecular weight is 586 g/mol. The Balaban J connectivity index is 1.61. The Labute approximate surface area is 250 Å². The Hall–Kier alpha value is -4.83. The van der Waals surface area contributed by atoms with Crippen LogP contribution >= 0.6 is 0 Å². The largest absolute Gasteiger partial charge is 0.496 e. The number of aromatic nitrogens is 2. The molecular formula is C33H36FN5O4. The van der Waals surface area contributed by atoms with Gasteiger partial charge < -0.3 is 25.3 Å². The van der Waals surface area contributed by atoms with Crippen molar-refractivity contribution in [3.8, 4) is 11.1 Å². The lowest BCUT2D eigenvalue weighted by molar-refractivity contribution is -0.119. The van der Waals surface area contributed by atoms with Gasteiger partial charge in [0, 0.05) is 50.1 Å². The van der Waals surface area contributed by atoms with Gasteiger partial charge in [0.05, 0.1) is 13.4 Å². The van der Waals surface area contributed by atoms with E-state index >= 15 is 0 Å². The number of nitrogens with zero attached hydrogens (tertiary/aromatic N) is 2. The summed E-state index contributed by atoms with van der Waals surface area (Å²) in [5.41, 5.74) is 5.47. The number of hydrogen-bond donors (Lipinski definition) is 3. The van der Waals surface area contributed by atoms with Crippen molar-refractivity contribution in [3.63, 3.8) is 0 Å². The molecule has 1 aliphatic heterocycles. The van der Waals surface area contributed by atoms with Crippen LogP contribution in [0.1, 0.15) is 40.4 Å². The van der Waals surface area contributed by atoms with Crippen molar-refractivity contribution in [1.29, 1.82) is 0 Å². The summed E-state index contributed by atoms with van der Waals surface area (Å²) in [7, 11) is 3.02. The number of allylic oxidation sites excluding steroid dienone is 3. The molecule has 1 atom stereocenters. The van der Waals surface area contributed by atoms with Crippen LogP contribution in [0.2, 0.25) is 0 Å². The highest BCUT2D eigenvalue weighted by Crippen LogP contribution is 2.34. The van der Waals surface area contributed by atoms with Crippen LogP contribution < -0.4 is 21.5 Å². The maximum absolute atomic E-state index is 14.6. The lowest BCUT2D eigenvalue weighted by Crippen LogP contribution is -2.33. The number of benzene rings is 2. The monoisotopic (exact) mass is 585 g/mol. The van der Waals surface area contributed by atoms with Crippen molar-refractivity contribution in [2.24, 2.45) is 7.05 Å². The minimum Gasteiger partial charge on any atom is -0.496 e. The maximum atomic E-state index is 14.6. The van der Waals surface area contributed by atoms with E-state index in [2.05, 4.69) is 27.5 Å². The Kier molecular flexibility index (Phi) is 9.72. The molecule has 2 amide bonds. The lowest BCUT2D eigenvalue weighted by atomic mass is 9.90. The van der Waals surface area contributed by atoms with E-state index in [0.717, 1.165) is 27.8 Å². The molecule has 4 rings (SSSR count). The third-order valence-electron chi connectivity index (χ3n) is 7.57. The van der Waals surface area contributed by atoms with Crippen molar-refractivity contribution in [1.82, 2.24) is 20.2 Å². The zero-order chi connectivity index (χ0) is 31.3. The summed E-state index contributed by atoms with van der Waals surface area (Å²) in [4.78, 5) is 40.8. The first-order chi connectivity index (χ1) is 20.5. The zero-order valence-electron chi connectivity index (χ0n) is 25.0. The Morgan fingerprint density at radius 3 is 2.51 bits per heavy atom. The summed E-state index contributed by atoms with van der Waals surface area (Å²) in [6, 6.07) is 11.3. The van der Waals surface area contributed by atoms with Gasteiger partial charge in [-0.05, 0) is 66.3 Å². The highest BCUT2D eigenvalue weighted by atomic mass is 19.1. The molecule has 3 N–H and O–H groups in total. The van der Waals surface area contributed by atoms with Crippen LogP contribution in [-0.4, -0.2) is 47.6 Å². The molecule has 10 heteroatoms. The highest BCUT2D eigenvalue weighted by Gasteiger charge is 2.22. The molecule has 9 nitrogen and oxygen atoms in total. The molecule has 0 unspecified atom stereocenters. The van der Waals surface area contributed by atoms with Crippen molar-refractivity contribution in [2.75, 3.05) is 25.5 Å². The van der Waals surface area contributed by atoms with Gasteiger partial charge in [0.25, 0.3) is 11.5 Å². The molecular weight excluding hydrogens is 549 g/mol. The van der Waals surface area contributed by atoms with Crippen LogP contribution in [-0.2, 0) is 16.6 Å². The SMILES string of the molecule is C=C(/C=C(OC)\C(CN[C@@H]1CNC(=O)C1)=C(/C)F)c1cccc(-c2cccc(NC(=O)c3cncn(C)c3=O)c2C)c1C. The van der Waals surface area contributed by atoms with Crippen molar-refractivity contribution in [3.05, 3.63) is 111 Å². The number of amides is 2. The number of hydrogen-bond acceptors (Lipinski definition) is 6. The summed E-state index contributed by atoms with van der Waals surface area (Å²) in [6.07, 6.45) is 4.66. The molecule has 224 valence electrons. The number of ether oxygens (including phenoxy) is 1. The number of anilines is 1. The predicted octanol–water partition coefficient (Wildman–Crippen LogP) is 4.58. The van der Waals surface area contributed by atoms with Gasteiger partial charge in [-0.3, -0.25) is 14.4 Å².